The lowest BCUT2D eigenvalue weighted by molar-refractivity contribution is 0.0691. The third-order valence-electron chi connectivity index (χ3n) is 4.54. The maximum Gasteiger partial charge on any atom is 0.339 e. The molecule has 1 N–H and O–H groups in total. The van der Waals surface area contributed by atoms with Crippen LogP contribution in [0.1, 0.15) is 80.0 Å². The Kier molecular flexibility index (Phi) is 5.22. The van der Waals surface area contributed by atoms with Gasteiger partial charge >= 0.3 is 5.97 Å². The van der Waals surface area contributed by atoms with E-state index in [1.807, 2.05) is 13.8 Å². The van der Waals surface area contributed by atoms with Gasteiger partial charge in [-0.05, 0) is 36.3 Å². The second kappa shape index (κ2) is 6.78. The molecule has 0 spiro atoms. The number of ether oxygens (including phenoxy) is 1. The largest absolute Gasteiger partial charge is 0.487 e. The summed E-state index contributed by atoms with van der Waals surface area (Å²) < 4.78 is 11.2. The van der Waals surface area contributed by atoms with Crippen LogP contribution in [0.5, 0.6) is 5.75 Å². The molecule has 2 rings (SSSR count). The molecule has 0 atom stereocenters. The molecule has 5 nitrogen and oxygen atoms in total. The summed E-state index contributed by atoms with van der Waals surface area (Å²) in [5.74, 6) is 0.108. The molecule has 5 heteroatoms. The molecule has 142 valence electrons. The smallest absolute Gasteiger partial charge is 0.339 e. The quantitative estimate of drug-likeness (QED) is 0.816. The number of aromatic carboxylic acids is 1. The van der Waals surface area contributed by atoms with Crippen molar-refractivity contribution in [3.8, 4) is 5.75 Å². The average molecular weight is 359 g/mol. The van der Waals surface area contributed by atoms with Gasteiger partial charge in [-0.15, -0.1) is 0 Å². The van der Waals surface area contributed by atoms with E-state index in [0.29, 0.717) is 11.5 Å². The Labute approximate surface area is 155 Å². The number of rotatable bonds is 4. The predicted molar refractivity (Wildman–Crippen MR) is 101 cm³/mol. The molecule has 0 radical (unpaired) electrons. The number of carboxylic acid groups (broad SMARTS) is 1. The van der Waals surface area contributed by atoms with Crippen LogP contribution in [0.25, 0.3) is 0 Å². The molecule has 26 heavy (non-hydrogen) atoms. The minimum absolute atomic E-state index is 0.162. The van der Waals surface area contributed by atoms with Gasteiger partial charge < -0.3 is 14.4 Å². The molecule has 0 aliphatic carbocycles. The number of aromatic nitrogens is 1. The van der Waals surface area contributed by atoms with Crippen molar-refractivity contribution in [2.75, 3.05) is 0 Å². The van der Waals surface area contributed by atoms with E-state index in [0.717, 1.165) is 22.4 Å². The van der Waals surface area contributed by atoms with Crippen molar-refractivity contribution >= 4 is 5.97 Å². The highest BCUT2D eigenvalue weighted by molar-refractivity contribution is 5.92. The van der Waals surface area contributed by atoms with Crippen LogP contribution < -0.4 is 4.74 Å². The first-order chi connectivity index (χ1) is 11.8. The van der Waals surface area contributed by atoms with Crippen LogP contribution in [0.2, 0.25) is 0 Å². The lowest BCUT2D eigenvalue weighted by Crippen LogP contribution is -2.20. The third-order valence-corrected chi connectivity index (χ3v) is 4.54. The molecule has 0 bridgehead atoms. The predicted octanol–water partition coefficient (Wildman–Crippen LogP) is 5.16. The fourth-order valence-corrected chi connectivity index (χ4v) is 2.79. The van der Waals surface area contributed by atoms with Crippen molar-refractivity contribution in [1.82, 2.24) is 5.16 Å². The fraction of sp³-hybridized carbons (Fsp3) is 0.524. The van der Waals surface area contributed by atoms with Crippen molar-refractivity contribution in [2.45, 2.75) is 72.8 Å². The van der Waals surface area contributed by atoms with Crippen molar-refractivity contribution in [3.63, 3.8) is 0 Å². The minimum Gasteiger partial charge on any atom is -0.487 e. The fourth-order valence-electron chi connectivity index (χ4n) is 2.79. The van der Waals surface area contributed by atoms with Gasteiger partial charge in [0.1, 0.15) is 23.7 Å². The number of hydrogen-bond acceptors (Lipinski definition) is 4. The SMILES string of the molecule is Cc1noc(C)c1COc1c(C(=O)O)cc(C(C)(C)C)cc1C(C)(C)C. The first-order valence-electron chi connectivity index (χ1n) is 8.79. The lowest BCUT2D eigenvalue weighted by Gasteiger charge is -2.28. The Balaban J connectivity index is 2.60. The number of carboxylic acids is 1. The number of carbonyl (C=O) groups is 1. The van der Waals surface area contributed by atoms with Crippen LogP contribution in [0.3, 0.4) is 0 Å². The zero-order chi connectivity index (χ0) is 19.9. The summed E-state index contributed by atoms with van der Waals surface area (Å²) in [4.78, 5) is 12.0. The standard InChI is InChI=1S/C21H29NO4/c1-12-16(13(2)26-22-12)11-25-18-15(19(23)24)9-14(20(3,4)5)10-17(18)21(6,7)8/h9-10H,11H2,1-8H3,(H,23,24). The van der Waals surface area contributed by atoms with Gasteiger partial charge in [0.05, 0.1) is 11.3 Å². The lowest BCUT2D eigenvalue weighted by atomic mass is 9.79. The zero-order valence-corrected chi connectivity index (χ0v) is 17.0. The number of hydrogen-bond donors (Lipinski definition) is 1. The molecule has 0 amide bonds. The monoisotopic (exact) mass is 359 g/mol. The third kappa shape index (κ3) is 4.09. The summed E-state index contributed by atoms with van der Waals surface area (Å²) >= 11 is 0. The topological polar surface area (TPSA) is 72.6 Å². The Hall–Kier alpha value is -2.30. The Morgan fingerprint density at radius 1 is 1.12 bits per heavy atom. The van der Waals surface area contributed by atoms with E-state index < -0.39 is 5.97 Å². The second-order valence-electron chi connectivity index (χ2n) is 8.80. The van der Waals surface area contributed by atoms with Crippen LogP contribution in [0.15, 0.2) is 16.7 Å². The molecular formula is C21H29NO4. The number of benzene rings is 1. The average Bonchev–Trinajstić information content (AvgIpc) is 2.81. The van der Waals surface area contributed by atoms with Gasteiger partial charge in [0.15, 0.2) is 0 Å². The Morgan fingerprint density at radius 3 is 2.15 bits per heavy atom. The Morgan fingerprint density at radius 2 is 1.73 bits per heavy atom. The normalized spacial score (nSPS) is 12.3. The second-order valence-corrected chi connectivity index (χ2v) is 8.80. The molecular weight excluding hydrogens is 330 g/mol. The van der Waals surface area contributed by atoms with E-state index in [2.05, 4.69) is 52.8 Å². The van der Waals surface area contributed by atoms with Gasteiger partial charge in [-0.1, -0.05) is 52.8 Å². The van der Waals surface area contributed by atoms with Gasteiger partial charge in [-0.25, -0.2) is 4.79 Å². The summed E-state index contributed by atoms with van der Waals surface area (Å²) in [6, 6.07) is 3.79. The first kappa shape index (κ1) is 20.0. The van der Waals surface area contributed by atoms with Gasteiger partial charge in [-0.3, -0.25) is 0 Å². The van der Waals surface area contributed by atoms with E-state index >= 15 is 0 Å². The molecule has 1 aromatic carbocycles. The zero-order valence-electron chi connectivity index (χ0n) is 17.0. The maximum absolute atomic E-state index is 12.0. The summed E-state index contributed by atoms with van der Waals surface area (Å²) in [7, 11) is 0. The van der Waals surface area contributed by atoms with Gasteiger partial charge in [0.2, 0.25) is 0 Å². The summed E-state index contributed by atoms with van der Waals surface area (Å²) in [5, 5.41) is 13.7. The van der Waals surface area contributed by atoms with Crippen molar-refractivity contribution in [1.29, 1.82) is 0 Å². The van der Waals surface area contributed by atoms with Crippen molar-refractivity contribution in [3.05, 3.63) is 45.8 Å². The number of nitrogens with zero attached hydrogens (tertiary/aromatic N) is 1. The van der Waals surface area contributed by atoms with E-state index in [9.17, 15) is 9.90 Å². The van der Waals surface area contributed by atoms with Gasteiger partial charge in [-0.2, -0.15) is 0 Å². The van der Waals surface area contributed by atoms with Crippen LogP contribution in [-0.4, -0.2) is 16.2 Å². The van der Waals surface area contributed by atoms with Crippen LogP contribution in [-0.2, 0) is 17.4 Å². The molecule has 1 heterocycles. The van der Waals surface area contributed by atoms with E-state index in [1.54, 1.807) is 6.07 Å². The highest BCUT2D eigenvalue weighted by atomic mass is 16.5. The van der Waals surface area contributed by atoms with Crippen LogP contribution in [0, 0.1) is 13.8 Å². The summed E-state index contributed by atoms with van der Waals surface area (Å²) in [6.07, 6.45) is 0. The Bertz CT molecular complexity index is 800. The van der Waals surface area contributed by atoms with Crippen LogP contribution >= 0.6 is 0 Å². The summed E-state index contributed by atoms with van der Waals surface area (Å²) in [6.45, 7) is 16.3. The molecule has 0 fully saturated rings. The maximum atomic E-state index is 12.0. The molecule has 0 saturated heterocycles. The van der Waals surface area contributed by atoms with Gasteiger partial charge in [0.25, 0.3) is 0 Å². The highest BCUT2D eigenvalue weighted by Crippen LogP contribution is 2.39. The molecule has 0 aliphatic heterocycles. The van der Waals surface area contributed by atoms with Crippen molar-refractivity contribution in [2.24, 2.45) is 0 Å². The first-order valence-corrected chi connectivity index (χ1v) is 8.79. The van der Waals surface area contributed by atoms with E-state index in [1.165, 1.54) is 0 Å². The highest BCUT2D eigenvalue weighted by Gasteiger charge is 2.28. The van der Waals surface area contributed by atoms with Crippen molar-refractivity contribution < 1.29 is 19.2 Å². The van der Waals surface area contributed by atoms with E-state index in [4.69, 9.17) is 9.26 Å². The van der Waals surface area contributed by atoms with E-state index in [-0.39, 0.29) is 23.0 Å². The summed E-state index contributed by atoms with van der Waals surface area (Å²) in [5.41, 5.74) is 3.22. The molecule has 0 aliphatic rings. The molecule has 1 aromatic heterocycles. The van der Waals surface area contributed by atoms with Crippen LogP contribution in [0.4, 0.5) is 0 Å². The molecule has 0 saturated carbocycles. The minimum atomic E-state index is -0.990. The number of aryl methyl sites for hydroxylation is 2. The van der Waals surface area contributed by atoms with Gasteiger partial charge in [0, 0.05) is 5.56 Å². The molecule has 0 unspecified atom stereocenters. The molecule has 2 aromatic rings.